The maximum Gasteiger partial charge on any atom is 0.237 e. The zero-order chi connectivity index (χ0) is 16.1. The van der Waals surface area contributed by atoms with Crippen molar-refractivity contribution in [3.8, 4) is 0 Å². The van der Waals surface area contributed by atoms with E-state index in [4.69, 9.17) is 11.6 Å². The number of hydrogen-bond donors (Lipinski definition) is 1. The van der Waals surface area contributed by atoms with Gasteiger partial charge >= 0.3 is 0 Å². The molecule has 118 valence electrons. The minimum Gasteiger partial charge on any atom is -0.324 e. The monoisotopic (exact) mass is 339 g/mol. The number of aromatic nitrogens is 4. The van der Waals surface area contributed by atoms with E-state index < -0.39 is 0 Å². The summed E-state index contributed by atoms with van der Waals surface area (Å²) in [6, 6.07) is 7.14. The molecule has 0 bridgehead atoms. The van der Waals surface area contributed by atoms with Crippen molar-refractivity contribution < 1.29 is 4.79 Å². The Bertz CT molecular complexity index is 646. The molecule has 0 fully saturated rings. The molecule has 2 aromatic rings. The van der Waals surface area contributed by atoms with Crippen molar-refractivity contribution >= 4 is 35.0 Å². The minimum absolute atomic E-state index is 0.141. The van der Waals surface area contributed by atoms with E-state index in [0.717, 1.165) is 0 Å². The molecule has 1 unspecified atom stereocenters. The number of carbonyl (C=O) groups excluding carboxylic acids is 1. The smallest absolute Gasteiger partial charge is 0.237 e. The van der Waals surface area contributed by atoms with Crippen LogP contribution in [0.1, 0.15) is 20.8 Å². The van der Waals surface area contributed by atoms with Crippen LogP contribution in [0.25, 0.3) is 0 Å². The van der Waals surface area contributed by atoms with E-state index in [9.17, 15) is 4.79 Å². The van der Waals surface area contributed by atoms with Crippen molar-refractivity contribution in [1.82, 2.24) is 20.2 Å². The Labute approximate surface area is 138 Å². The van der Waals surface area contributed by atoms with Crippen LogP contribution in [0.15, 0.2) is 29.4 Å². The normalized spacial score (nSPS) is 12.4. The third kappa shape index (κ3) is 4.45. The molecule has 1 N–H and O–H groups in total. The molecule has 2 rings (SSSR count). The van der Waals surface area contributed by atoms with Crippen LogP contribution in [0.2, 0.25) is 5.02 Å². The summed E-state index contributed by atoms with van der Waals surface area (Å²) in [5, 5.41) is 15.2. The predicted molar refractivity (Wildman–Crippen MR) is 88.1 cm³/mol. The maximum atomic E-state index is 12.3. The lowest BCUT2D eigenvalue weighted by molar-refractivity contribution is -0.115. The number of hydrogen-bond acceptors (Lipinski definition) is 5. The largest absolute Gasteiger partial charge is 0.324 e. The van der Waals surface area contributed by atoms with E-state index in [1.807, 2.05) is 19.1 Å². The third-order valence-electron chi connectivity index (χ3n) is 2.82. The van der Waals surface area contributed by atoms with Crippen molar-refractivity contribution in [1.29, 1.82) is 0 Å². The van der Waals surface area contributed by atoms with E-state index in [-0.39, 0.29) is 11.2 Å². The van der Waals surface area contributed by atoms with Crippen LogP contribution in [-0.2, 0) is 11.3 Å². The van der Waals surface area contributed by atoms with Gasteiger partial charge in [-0.3, -0.25) is 4.79 Å². The van der Waals surface area contributed by atoms with Gasteiger partial charge < -0.3 is 5.32 Å². The number of nitrogens with zero attached hydrogens (tertiary/aromatic N) is 4. The molecule has 0 aliphatic rings. The SMILES string of the molecule is CC(C)Cn1nnnc1SC(C)C(=O)Nc1ccccc1Cl. The first-order valence-electron chi connectivity index (χ1n) is 6.95. The van der Waals surface area contributed by atoms with Gasteiger partial charge in [0.05, 0.1) is 16.0 Å². The number of benzene rings is 1. The molecule has 0 spiro atoms. The molecule has 1 amide bonds. The van der Waals surface area contributed by atoms with Crippen LogP contribution >= 0.6 is 23.4 Å². The number of nitrogens with one attached hydrogen (secondary N) is 1. The van der Waals surface area contributed by atoms with Gasteiger partial charge in [-0.15, -0.1) is 5.10 Å². The van der Waals surface area contributed by atoms with Gasteiger partial charge in [-0.2, -0.15) is 0 Å². The Balaban J connectivity index is 2.00. The van der Waals surface area contributed by atoms with Crippen molar-refractivity contribution in [2.75, 3.05) is 5.32 Å². The molecular formula is C14H18ClN5OS. The van der Waals surface area contributed by atoms with E-state index >= 15 is 0 Å². The number of para-hydroxylation sites is 1. The van der Waals surface area contributed by atoms with E-state index in [1.165, 1.54) is 11.8 Å². The predicted octanol–water partition coefficient (Wildman–Crippen LogP) is 3.10. The summed E-state index contributed by atoms with van der Waals surface area (Å²) in [7, 11) is 0. The average molecular weight is 340 g/mol. The topological polar surface area (TPSA) is 72.7 Å². The Kier molecular flexibility index (Phi) is 5.79. The van der Waals surface area contributed by atoms with E-state index in [2.05, 4.69) is 34.7 Å². The van der Waals surface area contributed by atoms with E-state index in [1.54, 1.807) is 16.8 Å². The number of anilines is 1. The molecule has 8 heteroatoms. The second-order valence-electron chi connectivity index (χ2n) is 5.27. The first-order chi connectivity index (χ1) is 10.5. The number of thioether (sulfide) groups is 1. The van der Waals surface area contributed by atoms with Gasteiger partial charge in [0.1, 0.15) is 0 Å². The Morgan fingerprint density at radius 1 is 1.36 bits per heavy atom. The van der Waals surface area contributed by atoms with Gasteiger partial charge in [0.2, 0.25) is 11.1 Å². The number of tetrazole rings is 1. The third-order valence-corrected chi connectivity index (χ3v) is 4.22. The highest BCUT2D eigenvalue weighted by Crippen LogP contribution is 2.24. The zero-order valence-corrected chi connectivity index (χ0v) is 14.2. The molecule has 1 heterocycles. The highest BCUT2D eigenvalue weighted by atomic mass is 35.5. The van der Waals surface area contributed by atoms with Gasteiger partial charge in [-0.25, -0.2) is 4.68 Å². The fraction of sp³-hybridized carbons (Fsp3) is 0.429. The lowest BCUT2D eigenvalue weighted by Crippen LogP contribution is -2.23. The summed E-state index contributed by atoms with van der Waals surface area (Å²) in [5.74, 6) is 0.285. The highest BCUT2D eigenvalue weighted by Gasteiger charge is 2.19. The molecular weight excluding hydrogens is 322 g/mol. The van der Waals surface area contributed by atoms with Gasteiger partial charge in [0, 0.05) is 6.54 Å². The van der Waals surface area contributed by atoms with Crippen LogP contribution in [-0.4, -0.2) is 31.4 Å². The number of rotatable bonds is 6. The fourth-order valence-corrected chi connectivity index (χ4v) is 2.73. The summed E-state index contributed by atoms with van der Waals surface area (Å²) in [6.07, 6.45) is 0. The Hall–Kier alpha value is -1.60. The highest BCUT2D eigenvalue weighted by molar-refractivity contribution is 8.00. The fourth-order valence-electron chi connectivity index (χ4n) is 1.75. The molecule has 0 saturated heterocycles. The molecule has 22 heavy (non-hydrogen) atoms. The van der Waals surface area contributed by atoms with Crippen LogP contribution in [0, 0.1) is 5.92 Å². The van der Waals surface area contributed by atoms with Gasteiger partial charge in [-0.05, 0) is 35.4 Å². The summed E-state index contributed by atoms with van der Waals surface area (Å²) in [4.78, 5) is 12.3. The Morgan fingerprint density at radius 2 is 2.09 bits per heavy atom. The maximum absolute atomic E-state index is 12.3. The number of halogens is 1. The van der Waals surface area contributed by atoms with Crippen molar-refractivity contribution in [2.24, 2.45) is 5.92 Å². The minimum atomic E-state index is -0.340. The van der Waals surface area contributed by atoms with Crippen molar-refractivity contribution in [2.45, 2.75) is 37.7 Å². The molecule has 1 aromatic heterocycles. The van der Waals surface area contributed by atoms with E-state index in [0.29, 0.717) is 28.3 Å². The molecule has 0 saturated carbocycles. The van der Waals surface area contributed by atoms with Crippen LogP contribution in [0.3, 0.4) is 0 Å². The average Bonchev–Trinajstić information content (AvgIpc) is 2.87. The first kappa shape index (κ1) is 16.8. The summed E-state index contributed by atoms with van der Waals surface area (Å²) < 4.78 is 1.72. The molecule has 1 aromatic carbocycles. The number of carbonyl (C=O) groups is 1. The molecule has 0 radical (unpaired) electrons. The van der Waals surface area contributed by atoms with Crippen LogP contribution in [0.4, 0.5) is 5.69 Å². The second-order valence-corrected chi connectivity index (χ2v) is 6.98. The lowest BCUT2D eigenvalue weighted by Gasteiger charge is -2.13. The Morgan fingerprint density at radius 3 is 2.77 bits per heavy atom. The summed E-state index contributed by atoms with van der Waals surface area (Å²) >= 11 is 7.36. The zero-order valence-electron chi connectivity index (χ0n) is 12.7. The van der Waals surface area contributed by atoms with Gasteiger partial charge in [0.25, 0.3) is 0 Å². The number of amides is 1. The van der Waals surface area contributed by atoms with Crippen LogP contribution in [0.5, 0.6) is 0 Å². The van der Waals surface area contributed by atoms with Crippen LogP contribution < -0.4 is 5.32 Å². The quantitative estimate of drug-likeness (QED) is 0.819. The molecule has 0 aliphatic carbocycles. The van der Waals surface area contributed by atoms with Gasteiger partial charge in [0.15, 0.2) is 0 Å². The van der Waals surface area contributed by atoms with Gasteiger partial charge in [-0.1, -0.05) is 49.3 Å². The van der Waals surface area contributed by atoms with Crippen molar-refractivity contribution in [3.05, 3.63) is 29.3 Å². The first-order valence-corrected chi connectivity index (χ1v) is 8.21. The molecule has 1 atom stereocenters. The summed E-state index contributed by atoms with van der Waals surface area (Å²) in [5.41, 5.74) is 0.600. The standard InChI is InChI=1S/C14H18ClN5OS/c1-9(2)8-20-14(17-18-19-20)22-10(3)13(21)16-12-7-5-4-6-11(12)15/h4-7,9-10H,8H2,1-3H3,(H,16,21). The lowest BCUT2D eigenvalue weighted by atomic mass is 10.2. The molecule has 6 nitrogen and oxygen atoms in total. The van der Waals surface area contributed by atoms with Crippen molar-refractivity contribution in [3.63, 3.8) is 0 Å². The second kappa shape index (κ2) is 7.60. The molecule has 0 aliphatic heterocycles. The summed E-state index contributed by atoms with van der Waals surface area (Å²) in [6.45, 7) is 6.70.